The Kier molecular flexibility index (Phi) is 6.68. The van der Waals surface area contributed by atoms with E-state index in [0.717, 1.165) is 28.1 Å². The van der Waals surface area contributed by atoms with E-state index in [1.54, 1.807) is 11.7 Å². The Bertz CT molecular complexity index is 1460. The summed E-state index contributed by atoms with van der Waals surface area (Å²) in [4.78, 5) is 32.7. The fraction of sp³-hybridized carbons (Fsp3) is 0.217. The second-order valence-electron chi connectivity index (χ2n) is 7.54. The number of H-pyrrole nitrogens is 1. The van der Waals surface area contributed by atoms with Gasteiger partial charge in [0.25, 0.3) is 5.56 Å². The first kappa shape index (κ1) is 23.2. The van der Waals surface area contributed by atoms with Gasteiger partial charge >= 0.3 is 0 Å². The van der Waals surface area contributed by atoms with E-state index < -0.39 is 0 Å². The SMILES string of the molecule is COc1cccc(-n2c(=S)sc3c(=O)[nH]c(SCC(=O)Nc4c(C)cc(C)cc4C)nc32)c1. The molecule has 2 N–H and O–H groups in total. The molecule has 0 saturated heterocycles. The lowest BCUT2D eigenvalue weighted by atomic mass is 10.1. The maximum Gasteiger partial charge on any atom is 0.271 e. The first-order chi connectivity index (χ1) is 15.8. The maximum atomic E-state index is 12.7. The molecule has 0 aliphatic heterocycles. The molecule has 170 valence electrons. The van der Waals surface area contributed by atoms with Crippen molar-refractivity contribution in [3.63, 3.8) is 0 Å². The van der Waals surface area contributed by atoms with Gasteiger partial charge in [0.2, 0.25) is 5.91 Å². The summed E-state index contributed by atoms with van der Waals surface area (Å²) in [6.07, 6.45) is 0. The molecule has 7 nitrogen and oxygen atoms in total. The molecule has 0 atom stereocenters. The van der Waals surface area contributed by atoms with E-state index in [9.17, 15) is 9.59 Å². The standard InChI is InChI=1S/C23H22N4O3S3/c1-12-8-13(2)18(14(3)9-12)24-17(28)11-32-22-25-20-19(21(29)26-22)33-23(31)27(20)15-6-5-7-16(10-15)30-4/h5-10H,11H2,1-4H3,(H,24,28)(H,25,26,29). The molecule has 1 amide bonds. The monoisotopic (exact) mass is 498 g/mol. The van der Waals surface area contributed by atoms with Gasteiger partial charge in [-0.3, -0.25) is 14.2 Å². The molecule has 2 aromatic carbocycles. The third-order valence-electron chi connectivity index (χ3n) is 5.01. The van der Waals surface area contributed by atoms with Crippen molar-refractivity contribution in [3.05, 3.63) is 67.4 Å². The average Bonchev–Trinajstić information content (AvgIpc) is 3.11. The Morgan fingerprint density at radius 1 is 1.24 bits per heavy atom. The number of hydrogen-bond donors (Lipinski definition) is 2. The largest absolute Gasteiger partial charge is 0.497 e. The van der Waals surface area contributed by atoms with Crippen LogP contribution < -0.4 is 15.6 Å². The molecule has 4 rings (SSSR count). The number of anilines is 1. The van der Waals surface area contributed by atoms with Crippen molar-refractivity contribution in [1.82, 2.24) is 14.5 Å². The zero-order chi connectivity index (χ0) is 23.7. The molecule has 10 heteroatoms. The number of aromatic nitrogens is 3. The number of nitrogens with one attached hydrogen (secondary N) is 2. The second-order valence-corrected chi connectivity index (χ2v) is 10.1. The van der Waals surface area contributed by atoms with Crippen LogP contribution in [0, 0.1) is 24.7 Å². The molecular formula is C23H22N4O3S3. The summed E-state index contributed by atoms with van der Waals surface area (Å²) in [6.45, 7) is 5.96. The number of aromatic amines is 1. The zero-order valence-electron chi connectivity index (χ0n) is 18.5. The van der Waals surface area contributed by atoms with Gasteiger partial charge in [-0.1, -0.05) is 46.9 Å². The summed E-state index contributed by atoms with van der Waals surface area (Å²) in [5.41, 5.74) is 4.90. The quantitative estimate of drug-likeness (QED) is 0.217. The highest BCUT2D eigenvalue weighted by Gasteiger charge is 2.16. The predicted octanol–water partition coefficient (Wildman–Crippen LogP) is 5.17. The highest BCUT2D eigenvalue weighted by atomic mass is 32.2. The van der Waals surface area contributed by atoms with Crippen LogP contribution in [0.1, 0.15) is 16.7 Å². The summed E-state index contributed by atoms with van der Waals surface area (Å²) >= 11 is 7.87. The van der Waals surface area contributed by atoms with E-state index in [1.807, 2.05) is 57.2 Å². The summed E-state index contributed by atoms with van der Waals surface area (Å²) in [5.74, 6) is 0.602. The number of hydrogen-bond acceptors (Lipinski definition) is 7. The number of nitrogens with zero attached hydrogens (tertiary/aromatic N) is 2. The van der Waals surface area contributed by atoms with Crippen LogP contribution in [-0.4, -0.2) is 33.3 Å². The van der Waals surface area contributed by atoms with Gasteiger partial charge in [-0.15, -0.1) is 0 Å². The molecule has 0 radical (unpaired) electrons. The van der Waals surface area contributed by atoms with Crippen LogP contribution in [0.3, 0.4) is 0 Å². The van der Waals surface area contributed by atoms with Crippen molar-refractivity contribution in [1.29, 1.82) is 0 Å². The van der Waals surface area contributed by atoms with E-state index in [-0.39, 0.29) is 17.2 Å². The molecule has 2 heterocycles. The minimum absolute atomic E-state index is 0.102. The number of methoxy groups -OCH3 is 1. The number of amides is 1. The van der Waals surface area contributed by atoms with Gasteiger partial charge in [-0.25, -0.2) is 4.98 Å². The van der Waals surface area contributed by atoms with Gasteiger partial charge in [0.1, 0.15) is 10.4 Å². The van der Waals surface area contributed by atoms with Crippen LogP contribution in [-0.2, 0) is 4.79 Å². The van der Waals surface area contributed by atoms with E-state index in [4.69, 9.17) is 17.0 Å². The molecule has 0 spiro atoms. The van der Waals surface area contributed by atoms with E-state index in [1.165, 1.54) is 23.1 Å². The molecule has 0 bridgehead atoms. The third kappa shape index (κ3) is 4.87. The summed E-state index contributed by atoms with van der Waals surface area (Å²) < 4.78 is 7.99. The molecule has 0 unspecified atom stereocenters. The number of thioether (sulfide) groups is 1. The van der Waals surface area contributed by atoms with Crippen LogP contribution >= 0.6 is 35.3 Å². The number of carbonyl (C=O) groups excluding carboxylic acids is 1. The Balaban J connectivity index is 1.61. The van der Waals surface area contributed by atoms with Crippen molar-refractivity contribution in [3.8, 4) is 11.4 Å². The van der Waals surface area contributed by atoms with Crippen LogP contribution in [0.15, 0.2) is 46.3 Å². The number of aryl methyl sites for hydroxylation is 3. The molecule has 4 aromatic rings. The average molecular weight is 499 g/mol. The van der Waals surface area contributed by atoms with E-state index in [2.05, 4.69) is 15.3 Å². The van der Waals surface area contributed by atoms with Crippen molar-refractivity contribution in [2.45, 2.75) is 25.9 Å². The topological polar surface area (TPSA) is 89.0 Å². The first-order valence-electron chi connectivity index (χ1n) is 10.1. The second kappa shape index (κ2) is 9.50. The van der Waals surface area contributed by atoms with E-state index >= 15 is 0 Å². The number of rotatable bonds is 6. The lowest BCUT2D eigenvalue weighted by molar-refractivity contribution is -0.113. The molecule has 0 aliphatic rings. The van der Waals surface area contributed by atoms with Gasteiger partial charge < -0.3 is 15.0 Å². The van der Waals surface area contributed by atoms with Crippen molar-refractivity contribution >= 4 is 57.3 Å². The summed E-state index contributed by atoms with van der Waals surface area (Å²) in [7, 11) is 1.59. The fourth-order valence-electron chi connectivity index (χ4n) is 3.63. The lowest BCUT2D eigenvalue weighted by Crippen LogP contribution is -2.17. The number of benzene rings is 2. The van der Waals surface area contributed by atoms with Gasteiger partial charge in [0, 0.05) is 11.8 Å². The molecule has 0 aliphatic carbocycles. The number of carbonyl (C=O) groups is 1. The summed E-state index contributed by atoms with van der Waals surface area (Å²) in [6, 6.07) is 11.4. The van der Waals surface area contributed by atoms with Gasteiger partial charge in [0.05, 0.1) is 18.6 Å². The van der Waals surface area contributed by atoms with Crippen LogP contribution in [0.4, 0.5) is 5.69 Å². The first-order valence-corrected chi connectivity index (χ1v) is 12.3. The van der Waals surface area contributed by atoms with Gasteiger partial charge in [-0.2, -0.15) is 0 Å². The van der Waals surface area contributed by atoms with E-state index in [0.29, 0.717) is 25.2 Å². The number of thiazole rings is 1. The Hall–Kier alpha value is -2.95. The summed E-state index contributed by atoms with van der Waals surface area (Å²) in [5, 5.41) is 3.32. The van der Waals surface area contributed by atoms with Crippen molar-refractivity contribution in [2.24, 2.45) is 0 Å². The molecular weight excluding hydrogens is 476 g/mol. The van der Waals surface area contributed by atoms with Gasteiger partial charge in [0.15, 0.2) is 14.8 Å². The number of ether oxygens (including phenoxy) is 1. The molecule has 0 saturated carbocycles. The molecule has 0 fully saturated rings. The van der Waals surface area contributed by atoms with Crippen molar-refractivity contribution < 1.29 is 9.53 Å². The van der Waals surface area contributed by atoms with Crippen LogP contribution in [0.5, 0.6) is 5.75 Å². The normalized spacial score (nSPS) is 11.0. The maximum absolute atomic E-state index is 12.7. The smallest absolute Gasteiger partial charge is 0.271 e. The fourth-order valence-corrected chi connectivity index (χ4v) is 5.55. The Labute approximate surface area is 203 Å². The third-order valence-corrected chi connectivity index (χ3v) is 7.25. The van der Waals surface area contributed by atoms with Crippen LogP contribution in [0.2, 0.25) is 0 Å². The minimum atomic E-state index is -0.286. The van der Waals surface area contributed by atoms with Crippen LogP contribution in [0.25, 0.3) is 16.0 Å². The molecule has 33 heavy (non-hydrogen) atoms. The highest BCUT2D eigenvalue weighted by molar-refractivity contribution is 7.99. The predicted molar refractivity (Wildman–Crippen MR) is 137 cm³/mol. The van der Waals surface area contributed by atoms with Crippen molar-refractivity contribution in [2.75, 3.05) is 18.2 Å². The lowest BCUT2D eigenvalue weighted by Gasteiger charge is -2.12. The van der Waals surface area contributed by atoms with Gasteiger partial charge in [-0.05, 0) is 56.2 Å². The number of fused-ring (bicyclic) bond motifs is 1. The minimum Gasteiger partial charge on any atom is -0.497 e. The zero-order valence-corrected chi connectivity index (χ0v) is 21.0. The Morgan fingerprint density at radius 2 is 1.97 bits per heavy atom. The highest BCUT2D eigenvalue weighted by Crippen LogP contribution is 2.27. The Morgan fingerprint density at radius 3 is 2.67 bits per heavy atom. The molecule has 2 aromatic heterocycles.